The Morgan fingerprint density at radius 1 is 1.31 bits per heavy atom. The van der Waals surface area contributed by atoms with Crippen molar-refractivity contribution in [1.29, 1.82) is 0 Å². The van der Waals surface area contributed by atoms with E-state index in [1.807, 2.05) is 27.7 Å². The Kier molecular flexibility index (Phi) is 7.51. The third kappa shape index (κ3) is 4.52. The predicted molar refractivity (Wildman–Crippen MR) is 132 cm³/mol. The molecule has 3 aliphatic rings. The number of carbonyl (C=O) groups is 3. The summed E-state index contributed by atoms with van der Waals surface area (Å²) in [6.45, 7) is 18.2. The van der Waals surface area contributed by atoms with E-state index in [0.717, 1.165) is 0 Å². The van der Waals surface area contributed by atoms with Gasteiger partial charge < -0.3 is 24.7 Å². The van der Waals surface area contributed by atoms with E-state index in [0.29, 0.717) is 32.2 Å². The fourth-order valence-corrected chi connectivity index (χ4v) is 7.13. The normalized spacial score (nSPS) is 31.9. The molecule has 198 valence electrons. The summed E-state index contributed by atoms with van der Waals surface area (Å²) >= 11 is 0. The number of carboxylic acid groups (broad SMARTS) is 1. The number of aliphatic hydroxyl groups excluding tert-OH is 1. The standard InChI is InChI=1S/C27H44N2O6/c1-9-13-28(26(7,8)15-25(4,5)6)23(32)21-27-12-11-18(35-27)19(24(33)34)20(27)22(31)29(21)17(14-30)16(3)10-2/h9,16-21,30H,1,10-15H2,2-8H3,(H,33,34)/t16-,17-,18+,19-,20-,21?,27?/m0/s1. The van der Waals surface area contributed by atoms with Crippen molar-refractivity contribution in [1.82, 2.24) is 9.80 Å². The zero-order valence-electron chi connectivity index (χ0n) is 22.4. The smallest absolute Gasteiger partial charge is 0.310 e. The maximum Gasteiger partial charge on any atom is 0.310 e. The number of amides is 2. The van der Waals surface area contributed by atoms with Crippen molar-refractivity contribution in [3.05, 3.63) is 12.7 Å². The van der Waals surface area contributed by atoms with Crippen LogP contribution in [0.1, 0.15) is 74.1 Å². The van der Waals surface area contributed by atoms with Gasteiger partial charge in [0.25, 0.3) is 0 Å². The molecule has 2 unspecified atom stereocenters. The average Bonchev–Trinajstić information content (AvgIpc) is 3.38. The minimum atomic E-state index is -1.19. The number of hydrogen-bond donors (Lipinski definition) is 2. The predicted octanol–water partition coefficient (Wildman–Crippen LogP) is 3.08. The Morgan fingerprint density at radius 3 is 2.43 bits per heavy atom. The molecular formula is C27H44N2O6. The molecular weight excluding hydrogens is 448 g/mol. The van der Waals surface area contributed by atoms with Gasteiger partial charge in [-0.05, 0) is 44.4 Å². The van der Waals surface area contributed by atoms with Gasteiger partial charge in [0, 0.05) is 12.1 Å². The van der Waals surface area contributed by atoms with Gasteiger partial charge in [0.15, 0.2) is 0 Å². The van der Waals surface area contributed by atoms with E-state index in [-0.39, 0.29) is 29.8 Å². The zero-order chi connectivity index (χ0) is 26.5. The highest BCUT2D eigenvalue weighted by Gasteiger charge is 2.75. The van der Waals surface area contributed by atoms with E-state index in [1.54, 1.807) is 11.0 Å². The number of carboxylic acids is 1. The quantitative estimate of drug-likeness (QED) is 0.454. The molecule has 8 heteroatoms. The Labute approximate surface area is 209 Å². The molecule has 0 aliphatic carbocycles. The van der Waals surface area contributed by atoms with Crippen LogP contribution in [0.25, 0.3) is 0 Å². The van der Waals surface area contributed by atoms with Crippen LogP contribution in [-0.4, -0.2) is 80.3 Å². The van der Waals surface area contributed by atoms with Gasteiger partial charge >= 0.3 is 5.97 Å². The summed E-state index contributed by atoms with van der Waals surface area (Å²) in [6, 6.07) is -1.59. The molecule has 3 fully saturated rings. The summed E-state index contributed by atoms with van der Waals surface area (Å²) in [6.07, 6.45) is 3.47. The van der Waals surface area contributed by atoms with Gasteiger partial charge in [0.05, 0.1) is 30.6 Å². The van der Waals surface area contributed by atoms with Crippen molar-refractivity contribution in [2.45, 2.75) is 103 Å². The largest absolute Gasteiger partial charge is 0.481 e. The van der Waals surface area contributed by atoms with Gasteiger partial charge in [0.2, 0.25) is 11.8 Å². The van der Waals surface area contributed by atoms with Crippen LogP contribution in [0.3, 0.4) is 0 Å². The number of nitrogens with zero attached hydrogens (tertiary/aromatic N) is 2. The van der Waals surface area contributed by atoms with Crippen molar-refractivity contribution < 1.29 is 29.3 Å². The maximum absolute atomic E-state index is 14.5. The van der Waals surface area contributed by atoms with Gasteiger partial charge in [-0.3, -0.25) is 14.4 Å². The maximum atomic E-state index is 14.5. The number of carbonyl (C=O) groups excluding carboxylic acids is 2. The summed E-state index contributed by atoms with van der Waals surface area (Å²) in [5, 5.41) is 20.4. The number of rotatable bonds is 10. The Hall–Kier alpha value is -1.93. The second-order valence-electron chi connectivity index (χ2n) is 12.6. The average molecular weight is 493 g/mol. The first-order valence-corrected chi connectivity index (χ1v) is 12.9. The van der Waals surface area contributed by atoms with Crippen LogP contribution in [0.5, 0.6) is 0 Å². The fraction of sp³-hybridized carbons (Fsp3) is 0.815. The second-order valence-corrected chi connectivity index (χ2v) is 12.6. The third-order valence-electron chi connectivity index (χ3n) is 8.37. The molecule has 2 amide bonds. The molecule has 1 spiro atoms. The zero-order valence-corrected chi connectivity index (χ0v) is 22.4. The van der Waals surface area contributed by atoms with Crippen LogP contribution in [0.2, 0.25) is 0 Å². The second kappa shape index (κ2) is 9.51. The highest BCUT2D eigenvalue weighted by atomic mass is 16.5. The van der Waals surface area contributed by atoms with Crippen molar-refractivity contribution >= 4 is 17.8 Å². The van der Waals surface area contributed by atoms with Crippen molar-refractivity contribution in [3.8, 4) is 0 Å². The third-order valence-corrected chi connectivity index (χ3v) is 8.37. The van der Waals surface area contributed by atoms with Crippen LogP contribution in [0, 0.1) is 23.2 Å². The first kappa shape index (κ1) is 27.7. The van der Waals surface area contributed by atoms with Gasteiger partial charge in [0.1, 0.15) is 11.6 Å². The Balaban J connectivity index is 2.15. The van der Waals surface area contributed by atoms with E-state index >= 15 is 0 Å². The van der Waals surface area contributed by atoms with Crippen LogP contribution in [0.15, 0.2) is 12.7 Å². The van der Waals surface area contributed by atoms with Crippen LogP contribution >= 0.6 is 0 Å². The number of aliphatic hydroxyl groups is 1. The van der Waals surface area contributed by atoms with Crippen molar-refractivity contribution in [3.63, 3.8) is 0 Å². The van der Waals surface area contributed by atoms with Crippen molar-refractivity contribution in [2.75, 3.05) is 13.2 Å². The molecule has 3 heterocycles. The van der Waals surface area contributed by atoms with Crippen LogP contribution in [0.4, 0.5) is 0 Å². The summed E-state index contributed by atoms with van der Waals surface area (Å²) < 4.78 is 6.34. The van der Waals surface area contributed by atoms with Crippen LogP contribution < -0.4 is 0 Å². The molecule has 0 aromatic rings. The molecule has 8 nitrogen and oxygen atoms in total. The number of likely N-dealkylation sites (tertiary alicyclic amines) is 1. The van der Waals surface area contributed by atoms with E-state index in [4.69, 9.17) is 4.74 Å². The highest BCUT2D eigenvalue weighted by Crippen LogP contribution is 2.59. The van der Waals surface area contributed by atoms with Crippen LogP contribution in [-0.2, 0) is 19.1 Å². The molecule has 3 rings (SSSR count). The molecule has 0 aromatic carbocycles. The summed E-state index contributed by atoms with van der Waals surface area (Å²) in [4.78, 5) is 44.0. The fourth-order valence-electron chi connectivity index (χ4n) is 7.13. The highest BCUT2D eigenvalue weighted by molar-refractivity contribution is 5.98. The Bertz CT molecular complexity index is 864. The number of ether oxygens (including phenoxy) is 1. The minimum Gasteiger partial charge on any atom is -0.481 e. The molecule has 2 N–H and O–H groups in total. The number of hydrogen-bond acceptors (Lipinski definition) is 5. The summed E-state index contributed by atoms with van der Waals surface area (Å²) in [7, 11) is 0. The van der Waals surface area contributed by atoms with Gasteiger partial charge in [-0.25, -0.2) is 0 Å². The van der Waals surface area contributed by atoms with Crippen molar-refractivity contribution in [2.24, 2.45) is 23.2 Å². The molecule has 7 atom stereocenters. The lowest BCUT2D eigenvalue weighted by atomic mass is 9.70. The SMILES string of the molecule is C=CCN(C(=O)C1N([C@@H](CO)[C@@H](C)CC)C(=O)[C@@H]2[C@@H](C(=O)O)[C@H]3CCC12O3)C(C)(C)CC(C)(C)C. The number of aliphatic carboxylic acids is 1. The molecule has 3 aliphatic heterocycles. The Morgan fingerprint density at radius 2 is 1.94 bits per heavy atom. The topological polar surface area (TPSA) is 107 Å². The van der Waals surface area contributed by atoms with E-state index in [1.165, 1.54) is 4.90 Å². The summed E-state index contributed by atoms with van der Waals surface area (Å²) in [5.41, 5.74) is -1.81. The molecule has 2 bridgehead atoms. The molecule has 3 saturated heterocycles. The number of fused-ring (bicyclic) bond motifs is 1. The van der Waals surface area contributed by atoms with E-state index in [2.05, 4.69) is 27.4 Å². The van der Waals surface area contributed by atoms with Gasteiger partial charge in [-0.2, -0.15) is 0 Å². The minimum absolute atomic E-state index is 0.0592. The lowest BCUT2D eigenvalue weighted by molar-refractivity contribution is -0.157. The molecule has 0 saturated carbocycles. The lowest BCUT2D eigenvalue weighted by Crippen LogP contribution is -2.63. The lowest BCUT2D eigenvalue weighted by Gasteiger charge is -2.47. The van der Waals surface area contributed by atoms with E-state index in [9.17, 15) is 24.6 Å². The van der Waals surface area contributed by atoms with E-state index < -0.39 is 47.1 Å². The molecule has 0 aromatic heterocycles. The van der Waals surface area contributed by atoms with Gasteiger partial charge in [-0.15, -0.1) is 6.58 Å². The monoisotopic (exact) mass is 492 g/mol. The molecule has 35 heavy (non-hydrogen) atoms. The summed E-state index contributed by atoms with van der Waals surface area (Å²) in [5.74, 6) is -3.70. The van der Waals surface area contributed by atoms with Gasteiger partial charge in [-0.1, -0.05) is 47.1 Å². The first-order valence-electron chi connectivity index (χ1n) is 12.9. The molecule has 0 radical (unpaired) electrons. The first-order chi connectivity index (χ1) is 16.2.